The molecule has 3 nitrogen and oxygen atoms in total. The monoisotopic (exact) mass is 398 g/mol. The molecule has 1 atom stereocenters. The van der Waals surface area contributed by atoms with Crippen molar-refractivity contribution >= 4 is 21.6 Å². The van der Waals surface area contributed by atoms with Crippen molar-refractivity contribution in [3.05, 3.63) is 76.0 Å². The molecule has 2 aliphatic rings. The molecule has 130 valence electrons. The summed E-state index contributed by atoms with van der Waals surface area (Å²) in [4.78, 5) is 4.47. The summed E-state index contributed by atoms with van der Waals surface area (Å²) in [5.41, 5.74) is 2.11. The van der Waals surface area contributed by atoms with Gasteiger partial charge in [0.2, 0.25) is 0 Å². The molecule has 0 bridgehead atoms. The van der Waals surface area contributed by atoms with E-state index in [-0.39, 0.29) is 0 Å². The fourth-order valence-electron chi connectivity index (χ4n) is 3.92. The van der Waals surface area contributed by atoms with Gasteiger partial charge in [-0.2, -0.15) is 0 Å². The second-order valence-corrected chi connectivity index (χ2v) is 7.84. The summed E-state index contributed by atoms with van der Waals surface area (Å²) in [6, 6.07) is 16.3. The minimum Gasteiger partial charge on any atom is -0.365 e. The first-order valence-electron chi connectivity index (χ1n) is 8.89. The van der Waals surface area contributed by atoms with Crippen LogP contribution >= 0.6 is 15.9 Å². The molecule has 0 spiro atoms. The summed E-state index contributed by atoms with van der Waals surface area (Å²) >= 11 is 3.50. The summed E-state index contributed by atoms with van der Waals surface area (Å²) in [6.07, 6.45) is 5.72. The van der Waals surface area contributed by atoms with Gasteiger partial charge in [0.05, 0.1) is 6.54 Å². The van der Waals surface area contributed by atoms with Gasteiger partial charge < -0.3 is 10.0 Å². The van der Waals surface area contributed by atoms with Gasteiger partial charge in [0.1, 0.15) is 5.82 Å². The fraction of sp³-hybridized carbons (Fsp3) is 0.333. The third kappa shape index (κ3) is 2.87. The second-order valence-electron chi connectivity index (χ2n) is 6.93. The van der Waals surface area contributed by atoms with Crippen molar-refractivity contribution in [2.75, 3.05) is 18.0 Å². The lowest BCUT2D eigenvalue weighted by atomic mass is 10.0. The van der Waals surface area contributed by atoms with E-state index in [4.69, 9.17) is 0 Å². The zero-order valence-corrected chi connectivity index (χ0v) is 16.0. The Bertz CT molecular complexity index is 802. The number of hydrogen-bond donors (Lipinski definition) is 1. The third-order valence-electron chi connectivity index (χ3n) is 5.21. The molecule has 4 rings (SSSR count). The van der Waals surface area contributed by atoms with Crippen LogP contribution in [0.5, 0.6) is 0 Å². The molecule has 1 fully saturated rings. The summed E-state index contributed by atoms with van der Waals surface area (Å²) < 4.78 is 1.02. The van der Waals surface area contributed by atoms with Gasteiger partial charge in [0, 0.05) is 22.3 Å². The molecule has 0 unspecified atom stereocenters. The molecule has 1 N–H and O–H groups in total. The zero-order valence-electron chi connectivity index (χ0n) is 14.5. The number of anilines is 1. The highest BCUT2D eigenvalue weighted by molar-refractivity contribution is 9.10. The number of allylic oxidation sites excluding steroid dienone is 1. The van der Waals surface area contributed by atoms with E-state index in [0.717, 1.165) is 40.9 Å². The first-order chi connectivity index (χ1) is 12.1. The van der Waals surface area contributed by atoms with E-state index in [0.29, 0.717) is 6.54 Å². The number of para-hydroxylation sites is 1. The summed E-state index contributed by atoms with van der Waals surface area (Å²) in [7, 11) is 0. The maximum atomic E-state index is 11.8. The largest absolute Gasteiger partial charge is 0.365 e. The lowest BCUT2D eigenvalue weighted by Crippen LogP contribution is -2.43. The van der Waals surface area contributed by atoms with Gasteiger partial charge in [0.15, 0.2) is 5.72 Å². The van der Waals surface area contributed by atoms with Crippen LogP contribution in [-0.2, 0) is 5.72 Å². The normalized spacial score (nSPS) is 23.2. The standard InChI is InChI=1S/C21H23BrN2O/c1-16-7-4-5-8-19(16)24-20-9-3-2-6-14-23(20)15-21(24,25)17-10-12-18(22)13-11-17/h4-5,7-13,25H,2-3,6,14-15H2,1H3/t21-/m0/s1. The number of hydrogen-bond acceptors (Lipinski definition) is 3. The first-order valence-corrected chi connectivity index (χ1v) is 9.68. The summed E-state index contributed by atoms with van der Waals surface area (Å²) in [5.74, 6) is 1.14. The number of fused-ring (bicyclic) bond motifs is 1. The van der Waals surface area contributed by atoms with Gasteiger partial charge in [0.25, 0.3) is 0 Å². The lowest BCUT2D eigenvalue weighted by molar-refractivity contribution is 0.0477. The van der Waals surface area contributed by atoms with Crippen molar-refractivity contribution in [3.63, 3.8) is 0 Å². The highest BCUT2D eigenvalue weighted by atomic mass is 79.9. The van der Waals surface area contributed by atoms with E-state index in [2.05, 4.69) is 50.9 Å². The van der Waals surface area contributed by atoms with E-state index in [1.54, 1.807) is 0 Å². The van der Waals surface area contributed by atoms with Crippen LogP contribution in [0.4, 0.5) is 5.69 Å². The molecule has 0 radical (unpaired) electrons. The minimum atomic E-state index is -1.06. The average molecular weight is 399 g/mol. The lowest BCUT2D eigenvalue weighted by Gasteiger charge is -2.35. The molecule has 2 aromatic carbocycles. The highest BCUT2D eigenvalue weighted by Crippen LogP contribution is 2.44. The Morgan fingerprint density at radius 3 is 2.56 bits per heavy atom. The van der Waals surface area contributed by atoms with Crippen LogP contribution in [-0.4, -0.2) is 23.1 Å². The fourth-order valence-corrected chi connectivity index (χ4v) is 4.18. The Hall–Kier alpha value is -1.78. The van der Waals surface area contributed by atoms with Crippen LogP contribution in [0.15, 0.2) is 64.9 Å². The van der Waals surface area contributed by atoms with Crippen molar-refractivity contribution in [3.8, 4) is 0 Å². The van der Waals surface area contributed by atoms with Crippen LogP contribution in [0, 0.1) is 6.92 Å². The molecule has 0 aliphatic carbocycles. The maximum absolute atomic E-state index is 11.8. The average Bonchev–Trinajstić information content (AvgIpc) is 2.74. The van der Waals surface area contributed by atoms with Crippen LogP contribution in [0.2, 0.25) is 0 Å². The number of aryl methyl sites for hydroxylation is 1. The molecule has 1 saturated heterocycles. The molecule has 25 heavy (non-hydrogen) atoms. The van der Waals surface area contributed by atoms with E-state index < -0.39 is 5.72 Å². The Morgan fingerprint density at radius 2 is 1.80 bits per heavy atom. The number of halogens is 1. The van der Waals surface area contributed by atoms with Gasteiger partial charge in [-0.15, -0.1) is 0 Å². The van der Waals surface area contributed by atoms with E-state index >= 15 is 0 Å². The molecule has 0 aromatic heterocycles. The van der Waals surface area contributed by atoms with Crippen molar-refractivity contribution in [2.45, 2.75) is 31.9 Å². The molecular formula is C21H23BrN2O. The summed E-state index contributed by atoms with van der Waals surface area (Å²) in [5, 5.41) is 11.8. The van der Waals surface area contributed by atoms with E-state index in [1.165, 1.54) is 12.0 Å². The first kappa shape index (κ1) is 16.7. The molecule has 2 heterocycles. The van der Waals surface area contributed by atoms with E-state index in [1.807, 2.05) is 36.4 Å². The van der Waals surface area contributed by atoms with Gasteiger partial charge in [-0.25, -0.2) is 0 Å². The Labute approximate surface area is 157 Å². The number of rotatable bonds is 2. The van der Waals surface area contributed by atoms with Crippen molar-refractivity contribution in [1.29, 1.82) is 0 Å². The molecule has 4 heteroatoms. The zero-order chi connectivity index (χ0) is 17.4. The van der Waals surface area contributed by atoms with Crippen LogP contribution in [0.25, 0.3) is 0 Å². The SMILES string of the molecule is Cc1ccccc1N1C2=CCCCCN2C[C@]1(O)c1ccc(Br)cc1. The summed E-state index contributed by atoms with van der Waals surface area (Å²) in [6.45, 7) is 3.69. The smallest absolute Gasteiger partial charge is 0.187 e. The second kappa shape index (κ2) is 6.50. The van der Waals surface area contributed by atoms with Gasteiger partial charge in [-0.1, -0.05) is 46.3 Å². The van der Waals surface area contributed by atoms with Crippen molar-refractivity contribution < 1.29 is 5.11 Å². The Balaban J connectivity index is 1.88. The van der Waals surface area contributed by atoms with Gasteiger partial charge in [-0.05, 0) is 56.0 Å². The Kier molecular flexibility index (Phi) is 4.34. The minimum absolute atomic E-state index is 0.592. The quantitative estimate of drug-likeness (QED) is 0.790. The van der Waals surface area contributed by atoms with Crippen molar-refractivity contribution in [1.82, 2.24) is 4.90 Å². The van der Waals surface area contributed by atoms with Crippen molar-refractivity contribution in [2.24, 2.45) is 0 Å². The topological polar surface area (TPSA) is 26.7 Å². The predicted octanol–water partition coefficient (Wildman–Crippen LogP) is 4.75. The molecular weight excluding hydrogens is 376 g/mol. The highest BCUT2D eigenvalue weighted by Gasteiger charge is 2.48. The third-order valence-corrected chi connectivity index (χ3v) is 5.73. The Morgan fingerprint density at radius 1 is 1.04 bits per heavy atom. The van der Waals surface area contributed by atoms with E-state index in [9.17, 15) is 5.11 Å². The maximum Gasteiger partial charge on any atom is 0.187 e. The van der Waals surface area contributed by atoms with Gasteiger partial charge in [-0.3, -0.25) is 4.90 Å². The molecule has 0 amide bonds. The van der Waals surface area contributed by atoms with Crippen LogP contribution in [0.1, 0.15) is 30.4 Å². The van der Waals surface area contributed by atoms with Crippen LogP contribution in [0.3, 0.4) is 0 Å². The number of aliphatic hydroxyl groups is 1. The predicted molar refractivity (Wildman–Crippen MR) is 105 cm³/mol. The molecule has 2 aromatic rings. The van der Waals surface area contributed by atoms with Gasteiger partial charge >= 0.3 is 0 Å². The molecule has 2 aliphatic heterocycles. The number of benzene rings is 2. The number of nitrogens with zero attached hydrogens (tertiary/aromatic N) is 2. The van der Waals surface area contributed by atoms with Crippen LogP contribution < -0.4 is 4.90 Å². The molecule has 0 saturated carbocycles.